The van der Waals surface area contributed by atoms with Gasteiger partial charge in [0, 0.05) is 5.39 Å². The fourth-order valence-electron chi connectivity index (χ4n) is 7.98. The van der Waals surface area contributed by atoms with Gasteiger partial charge in [-0.1, -0.05) is 13.0 Å². The number of nitrogens with one attached hydrogen (secondary N) is 1. The monoisotopic (exact) mass is 350 g/mol. The van der Waals surface area contributed by atoms with E-state index in [0.717, 1.165) is 17.8 Å². The summed E-state index contributed by atoms with van der Waals surface area (Å²) in [4.78, 5) is 0. The number of aromatic nitrogens is 2. The SMILES string of the molecule is CC12CCC3c4ccc5[nH]ncc5c4CCC3C1C1CCC(CC1)C2O. The van der Waals surface area contributed by atoms with Gasteiger partial charge in [-0.25, -0.2) is 0 Å². The van der Waals surface area contributed by atoms with Gasteiger partial charge in [-0.2, -0.15) is 5.10 Å². The van der Waals surface area contributed by atoms with Crippen LogP contribution in [0.25, 0.3) is 10.9 Å². The van der Waals surface area contributed by atoms with Gasteiger partial charge in [0.15, 0.2) is 0 Å². The van der Waals surface area contributed by atoms with Crippen molar-refractivity contribution >= 4 is 10.9 Å². The lowest BCUT2D eigenvalue weighted by Gasteiger charge is -2.55. The van der Waals surface area contributed by atoms with Gasteiger partial charge >= 0.3 is 0 Å². The molecule has 7 rings (SSSR count). The summed E-state index contributed by atoms with van der Waals surface area (Å²) in [5.41, 5.74) is 4.50. The van der Waals surface area contributed by atoms with Crippen LogP contribution in [0.5, 0.6) is 0 Å². The highest BCUT2D eigenvalue weighted by atomic mass is 16.3. The molecule has 4 fully saturated rings. The molecular weight excluding hydrogens is 320 g/mol. The Kier molecular flexibility index (Phi) is 3.22. The summed E-state index contributed by atoms with van der Waals surface area (Å²) >= 11 is 0. The Bertz CT molecular complexity index is 849. The van der Waals surface area contributed by atoms with Crippen LogP contribution in [0.2, 0.25) is 0 Å². The van der Waals surface area contributed by atoms with Crippen LogP contribution in [-0.2, 0) is 6.42 Å². The fraction of sp³-hybridized carbons (Fsp3) is 0.696. The van der Waals surface area contributed by atoms with E-state index in [1.165, 1.54) is 62.3 Å². The van der Waals surface area contributed by atoms with Gasteiger partial charge in [0.2, 0.25) is 0 Å². The zero-order chi connectivity index (χ0) is 17.5. The number of fused-ring (bicyclic) bond motifs is 7. The minimum Gasteiger partial charge on any atom is -0.392 e. The normalized spacial score (nSPS) is 44.2. The predicted octanol–water partition coefficient (Wildman–Crippen LogP) is 4.81. The van der Waals surface area contributed by atoms with Crippen molar-refractivity contribution < 1.29 is 5.11 Å². The van der Waals surface area contributed by atoms with Crippen molar-refractivity contribution in [2.24, 2.45) is 29.1 Å². The van der Waals surface area contributed by atoms with Gasteiger partial charge in [0.25, 0.3) is 0 Å². The first-order valence-electron chi connectivity index (χ1n) is 10.8. The smallest absolute Gasteiger partial charge is 0.0653 e. The van der Waals surface area contributed by atoms with Crippen LogP contribution in [0.4, 0.5) is 0 Å². The van der Waals surface area contributed by atoms with Gasteiger partial charge in [0.1, 0.15) is 0 Å². The molecule has 1 heterocycles. The van der Waals surface area contributed by atoms with Gasteiger partial charge < -0.3 is 5.11 Å². The second-order valence-corrected chi connectivity index (χ2v) is 9.96. The molecule has 4 saturated carbocycles. The third kappa shape index (κ3) is 1.91. The van der Waals surface area contributed by atoms with Crippen molar-refractivity contribution in [1.29, 1.82) is 0 Å². The van der Waals surface area contributed by atoms with Crippen LogP contribution in [0.1, 0.15) is 68.9 Å². The first-order valence-corrected chi connectivity index (χ1v) is 10.8. The number of H-pyrrole nitrogens is 1. The summed E-state index contributed by atoms with van der Waals surface area (Å²) < 4.78 is 0. The predicted molar refractivity (Wildman–Crippen MR) is 103 cm³/mol. The highest BCUT2D eigenvalue weighted by molar-refractivity contribution is 5.83. The number of rotatable bonds is 0. The van der Waals surface area contributed by atoms with Crippen molar-refractivity contribution in [2.45, 2.75) is 70.3 Å². The summed E-state index contributed by atoms with van der Waals surface area (Å²) in [7, 11) is 0. The zero-order valence-electron chi connectivity index (χ0n) is 15.7. The molecule has 5 aliphatic rings. The largest absolute Gasteiger partial charge is 0.392 e. The quantitative estimate of drug-likeness (QED) is 0.716. The molecule has 5 unspecified atom stereocenters. The van der Waals surface area contributed by atoms with Crippen LogP contribution in [0, 0.1) is 29.1 Å². The number of aliphatic hydroxyl groups excluding tert-OH is 1. The van der Waals surface area contributed by atoms with E-state index in [2.05, 4.69) is 29.3 Å². The lowest BCUT2D eigenvalue weighted by atomic mass is 9.50. The molecule has 5 atom stereocenters. The molecule has 138 valence electrons. The second kappa shape index (κ2) is 5.34. The number of hydrogen-bond donors (Lipinski definition) is 2. The minimum atomic E-state index is -0.0706. The average molecular weight is 351 g/mol. The molecule has 3 heteroatoms. The first kappa shape index (κ1) is 15.7. The van der Waals surface area contributed by atoms with E-state index in [0.29, 0.717) is 11.8 Å². The van der Waals surface area contributed by atoms with Crippen LogP contribution >= 0.6 is 0 Å². The third-order valence-corrected chi connectivity index (χ3v) is 9.08. The summed E-state index contributed by atoms with van der Waals surface area (Å²) in [5.74, 6) is 3.60. The molecule has 0 aliphatic heterocycles. The minimum absolute atomic E-state index is 0.0706. The third-order valence-electron chi connectivity index (χ3n) is 9.08. The summed E-state index contributed by atoms with van der Waals surface area (Å²) in [5, 5.41) is 20.1. The number of benzene rings is 1. The van der Waals surface area contributed by atoms with Crippen LogP contribution < -0.4 is 0 Å². The van der Waals surface area contributed by atoms with Crippen molar-refractivity contribution in [3.05, 3.63) is 29.5 Å². The van der Waals surface area contributed by atoms with E-state index < -0.39 is 0 Å². The molecule has 0 radical (unpaired) electrons. The number of nitrogens with zero attached hydrogens (tertiary/aromatic N) is 1. The lowest BCUT2D eigenvalue weighted by Crippen LogP contribution is -2.50. The Hall–Kier alpha value is -1.35. The average Bonchev–Trinajstić information content (AvgIpc) is 3.09. The number of aryl methyl sites for hydroxylation is 1. The summed E-state index contributed by atoms with van der Waals surface area (Å²) in [6, 6.07) is 4.63. The molecule has 3 nitrogen and oxygen atoms in total. The molecule has 2 aromatic rings. The van der Waals surface area contributed by atoms with Crippen molar-refractivity contribution in [1.82, 2.24) is 10.2 Å². The second-order valence-electron chi connectivity index (χ2n) is 9.96. The molecule has 0 amide bonds. The molecule has 2 bridgehead atoms. The Labute approximate surface area is 155 Å². The summed E-state index contributed by atoms with van der Waals surface area (Å²) in [6.45, 7) is 2.45. The number of aromatic amines is 1. The molecule has 26 heavy (non-hydrogen) atoms. The van der Waals surface area contributed by atoms with Crippen LogP contribution in [0.3, 0.4) is 0 Å². The highest BCUT2D eigenvalue weighted by Gasteiger charge is 2.58. The fourth-order valence-corrected chi connectivity index (χ4v) is 7.98. The van der Waals surface area contributed by atoms with Gasteiger partial charge in [0.05, 0.1) is 17.8 Å². The molecule has 0 spiro atoms. The zero-order valence-corrected chi connectivity index (χ0v) is 15.7. The number of hydrogen-bond acceptors (Lipinski definition) is 2. The van der Waals surface area contributed by atoms with Crippen molar-refractivity contribution in [3.8, 4) is 0 Å². The molecular formula is C23H30N2O. The van der Waals surface area contributed by atoms with Crippen LogP contribution in [-0.4, -0.2) is 21.4 Å². The van der Waals surface area contributed by atoms with E-state index >= 15 is 0 Å². The Morgan fingerprint density at radius 3 is 2.73 bits per heavy atom. The van der Waals surface area contributed by atoms with Gasteiger partial charge in [-0.05, 0) is 104 Å². The maximum atomic E-state index is 11.3. The molecule has 1 aromatic carbocycles. The Morgan fingerprint density at radius 1 is 1.08 bits per heavy atom. The first-order chi connectivity index (χ1) is 12.7. The Morgan fingerprint density at radius 2 is 1.88 bits per heavy atom. The number of aliphatic hydroxyl groups is 1. The van der Waals surface area contributed by atoms with E-state index in [-0.39, 0.29) is 11.5 Å². The Balaban J connectivity index is 1.46. The topological polar surface area (TPSA) is 48.9 Å². The van der Waals surface area contributed by atoms with Crippen molar-refractivity contribution in [2.75, 3.05) is 0 Å². The molecule has 2 N–H and O–H groups in total. The van der Waals surface area contributed by atoms with Gasteiger partial charge in [-0.15, -0.1) is 0 Å². The van der Waals surface area contributed by atoms with Gasteiger partial charge in [-0.3, -0.25) is 5.10 Å². The maximum absolute atomic E-state index is 11.3. The molecule has 5 aliphatic carbocycles. The maximum Gasteiger partial charge on any atom is 0.0653 e. The standard InChI is InChI=1S/C23H30N2O/c1-23-11-10-17-15-8-9-20-19(12-24-25-20)16(15)6-7-18(17)21(23)13-2-4-14(5-3-13)22(23)26/h8-9,12-14,17-18,21-22,26H,2-7,10-11H2,1H3,(H,24,25). The molecule has 1 aromatic heterocycles. The molecule has 0 saturated heterocycles. The van der Waals surface area contributed by atoms with Crippen LogP contribution in [0.15, 0.2) is 18.3 Å². The summed E-state index contributed by atoms with van der Waals surface area (Å²) in [6.07, 6.45) is 12.2. The highest BCUT2D eigenvalue weighted by Crippen LogP contribution is 2.63. The lowest BCUT2D eigenvalue weighted by molar-refractivity contribution is -0.0866. The van der Waals surface area contributed by atoms with E-state index in [4.69, 9.17) is 0 Å². The van der Waals surface area contributed by atoms with E-state index in [9.17, 15) is 5.11 Å². The van der Waals surface area contributed by atoms with E-state index in [1.54, 1.807) is 11.1 Å². The van der Waals surface area contributed by atoms with E-state index in [1.807, 2.05) is 6.20 Å². The van der Waals surface area contributed by atoms with Crippen molar-refractivity contribution in [3.63, 3.8) is 0 Å².